The van der Waals surface area contributed by atoms with Crippen molar-refractivity contribution >= 4 is 0 Å². The molecule has 0 spiro atoms. The zero-order chi connectivity index (χ0) is 14.6. The van der Waals surface area contributed by atoms with Crippen LogP contribution in [-0.2, 0) is 4.74 Å². The minimum atomic E-state index is 0.498. The predicted octanol–water partition coefficient (Wildman–Crippen LogP) is 3.60. The van der Waals surface area contributed by atoms with Gasteiger partial charge >= 0.3 is 0 Å². The maximum atomic E-state index is 5.86. The number of para-hydroxylation sites is 1. The second kappa shape index (κ2) is 10.7. The SMILES string of the molecule is CCOCCCCNCCOc1ccccc1C(C)C. The maximum Gasteiger partial charge on any atom is 0.122 e. The van der Waals surface area contributed by atoms with Crippen LogP contribution in [0.15, 0.2) is 24.3 Å². The third kappa shape index (κ3) is 6.92. The first-order chi connectivity index (χ1) is 9.75. The zero-order valence-corrected chi connectivity index (χ0v) is 13.2. The highest BCUT2D eigenvalue weighted by molar-refractivity contribution is 5.35. The molecule has 0 aliphatic carbocycles. The highest BCUT2D eigenvalue weighted by atomic mass is 16.5. The zero-order valence-electron chi connectivity index (χ0n) is 13.2. The van der Waals surface area contributed by atoms with Crippen LogP contribution in [0.1, 0.15) is 45.1 Å². The quantitative estimate of drug-likeness (QED) is 0.628. The topological polar surface area (TPSA) is 30.5 Å². The van der Waals surface area contributed by atoms with Gasteiger partial charge in [-0.1, -0.05) is 32.0 Å². The van der Waals surface area contributed by atoms with Crippen molar-refractivity contribution in [2.24, 2.45) is 0 Å². The van der Waals surface area contributed by atoms with E-state index < -0.39 is 0 Å². The van der Waals surface area contributed by atoms with E-state index >= 15 is 0 Å². The summed E-state index contributed by atoms with van der Waals surface area (Å²) in [5.74, 6) is 1.51. The molecule has 0 fully saturated rings. The van der Waals surface area contributed by atoms with Crippen LogP contribution < -0.4 is 10.1 Å². The smallest absolute Gasteiger partial charge is 0.122 e. The highest BCUT2D eigenvalue weighted by Gasteiger charge is 2.05. The summed E-state index contributed by atoms with van der Waals surface area (Å²) < 4.78 is 11.2. The van der Waals surface area contributed by atoms with E-state index in [0.717, 1.165) is 51.5 Å². The van der Waals surface area contributed by atoms with Gasteiger partial charge in [-0.15, -0.1) is 0 Å². The minimum Gasteiger partial charge on any atom is -0.492 e. The summed E-state index contributed by atoms with van der Waals surface area (Å²) in [7, 11) is 0. The van der Waals surface area contributed by atoms with Gasteiger partial charge in [-0.05, 0) is 43.9 Å². The molecule has 0 aromatic heterocycles. The van der Waals surface area contributed by atoms with E-state index in [0.29, 0.717) is 5.92 Å². The van der Waals surface area contributed by atoms with Crippen molar-refractivity contribution in [3.63, 3.8) is 0 Å². The van der Waals surface area contributed by atoms with E-state index in [2.05, 4.69) is 37.4 Å². The summed E-state index contributed by atoms with van der Waals surface area (Å²) in [6, 6.07) is 8.29. The Morgan fingerprint density at radius 1 is 1.05 bits per heavy atom. The van der Waals surface area contributed by atoms with Crippen molar-refractivity contribution in [3.8, 4) is 5.75 Å². The number of hydrogen-bond acceptors (Lipinski definition) is 3. The van der Waals surface area contributed by atoms with Gasteiger partial charge in [-0.3, -0.25) is 0 Å². The van der Waals surface area contributed by atoms with E-state index in [-0.39, 0.29) is 0 Å². The van der Waals surface area contributed by atoms with Gasteiger partial charge < -0.3 is 14.8 Å². The third-order valence-electron chi connectivity index (χ3n) is 3.17. The summed E-state index contributed by atoms with van der Waals surface area (Å²) in [4.78, 5) is 0. The molecule has 0 saturated carbocycles. The average Bonchev–Trinajstić information content (AvgIpc) is 2.46. The molecular weight excluding hydrogens is 250 g/mol. The molecule has 0 amide bonds. The fourth-order valence-electron chi connectivity index (χ4n) is 2.05. The molecule has 3 nitrogen and oxygen atoms in total. The van der Waals surface area contributed by atoms with Gasteiger partial charge in [0.1, 0.15) is 12.4 Å². The van der Waals surface area contributed by atoms with Crippen molar-refractivity contribution in [3.05, 3.63) is 29.8 Å². The molecule has 1 N–H and O–H groups in total. The Labute approximate surface area is 123 Å². The molecule has 1 aromatic rings. The number of nitrogens with one attached hydrogen (secondary N) is 1. The third-order valence-corrected chi connectivity index (χ3v) is 3.17. The Morgan fingerprint density at radius 2 is 1.85 bits per heavy atom. The van der Waals surface area contributed by atoms with Crippen molar-refractivity contribution in [1.82, 2.24) is 5.32 Å². The first kappa shape index (κ1) is 17.0. The standard InChI is InChI=1S/C17H29NO2/c1-4-19-13-8-7-11-18-12-14-20-17-10-6-5-9-16(17)15(2)3/h5-6,9-10,15,18H,4,7-8,11-14H2,1-3H3. The molecule has 0 saturated heterocycles. The van der Waals surface area contributed by atoms with E-state index in [9.17, 15) is 0 Å². The molecule has 1 aromatic carbocycles. The second-order valence-electron chi connectivity index (χ2n) is 5.20. The van der Waals surface area contributed by atoms with E-state index in [1.807, 2.05) is 13.0 Å². The van der Waals surface area contributed by atoms with Gasteiger partial charge in [0.25, 0.3) is 0 Å². The van der Waals surface area contributed by atoms with Crippen LogP contribution in [0.2, 0.25) is 0 Å². The molecule has 0 atom stereocenters. The number of ether oxygens (including phenoxy) is 2. The fraction of sp³-hybridized carbons (Fsp3) is 0.647. The number of benzene rings is 1. The molecule has 3 heteroatoms. The lowest BCUT2D eigenvalue weighted by Crippen LogP contribution is -2.22. The van der Waals surface area contributed by atoms with Crippen LogP contribution in [0, 0.1) is 0 Å². The van der Waals surface area contributed by atoms with Gasteiger partial charge in [0.05, 0.1) is 0 Å². The Balaban J connectivity index is 2.10. The molecule has 20 heavy (non-hydrogen) atoms. The van der Waals surface area contributed by atoms with Crippen molar-refractivity contribution in [1.29, 1.82) is 0 Å². The highest BCUT2D eigenvalue weighted by Crippen LogP contribution is 2.25. The van der Waals surface area contributed by atoms with Crippen LogP contribution in [0.25, 0.3) is 0 Å². The molecule has 114 valence electrons. The summed E-state index contributed by atoms with van der Waals surface area (Å²) in [6.07, 6.45) is 2.28. The number of rotatable bonds is 11. The van der Waals surface area contributed by atoms with Gasteiger partial charge in [-0.25, -0.2) is 0 Å². The van der Waals surface area contributed by atoms with Crippen LogP contribution >= 0.6 is 0 Å². The number of unbranched alkanes of at least 4 members (excludes halogenated alkanes) is 1. The second-order valence-corrected chi connectivity index (χ2v) is 5.20. The lowest BCUT2D eigenvalue weighted by molar-refractivity contribution is 0.143. The van der Waals surface area contributed by atoms with E-state index in [1.165, 1.54) is 5.56 Å². The molecule has 0 bridgehead atoms. The van der Waals surface area contributed by atoms with Crippen LogP contribution in [-0.4, -0.2) is 32.9 Å². The summed E-state index contributed by atoms with van der Waals surface area (Å²) >= 11 is 0. The molecule has 0 unspecified atom stereocenters. The van der Waals surface area contributed by atoms with E-state index in [1.54, 1.807) is 0 Å². The van der Waals surface area contributed by atoms with Gasteiger partial charge in [0.15, 0.2) is 0 Å². The summed E-state index contributed by atoms with van der Waals surface area (Å²) in [5, 5.41) is 3.40. The van der Waals surface area contributed by atoms with Gasteiger partial charge in [0, 0.05) is 19.8 Å². The Kier molecular flexibility index (Phi) is 9.09. The van der Waals surface area contributed by atoms with Crippen LogP contribution in [0.3, 0.4) is 0 Å². The minimum absolute atomic E-state index is 0.498. The van der Waals surface area contributed by atoms with Crippen molar-refractivity contribution in [2.75, 3.05) is 32.9 Å². The largest absolute Gasteiger partial charge is 0.492 e. The first-order valence-corrected chi connectivity index (χ1v) is 7.76. The Hall–Kier alpha value is -1.06. The normalized spacial score (nSPS) is 11.0. The van der Waals surface area contributed by atoms with E-state index in [4.69, 9.17) is 9.47 Å². The molecule has 0 aliphatic heterocycles. The molecule has 0 radical (unpaired) electrons. The first-order valence-electron chi connectivity index (χ1n) is 7.76. The predicted molar refractivity (Wildman–Crippen MR) is 84.6 cm³/mol. The Morgan fingerprint density at radius 3 is 2.60 bits per heavy atom. The monoisotopic (exact) mass is 279 g/mol. The Bertz CT molecular complexity index is 353. The van der Waals surface area contributed by atoms with Gasteiger partial charge in [0.2, 0.25) is 0 Å². The van der Waals surface area contributed by atoms with Crippen LogP contribution in [0.4, 0.5) is 0 Å². The van der Waals surface area contributed by atoms with Gasteiger partial charge in [-0.2, -0.15) is 0 Å². The number of hydrogen-bond donors (Lipinski definition) is 1. The summed E-state index contributed by atoms with van der Waals surface area (Å²) in [5.41, 5.74) is 1.28. The van der Waals surface area contributed by atoms with Crippen LogP contribution in [0.5, 0.6) is 5.75 Å². The molecule has 0 aliphatic rings. The molecular formula is C17H29NO2. The molecule has 0 heterocycles. The maximum absolute atomic E-state index is 5.86. The fourth-order valence-corrected chi connectivity index (χ4v) is 2.05. The van der Waals surface area contributed by atoms with Crippen molar-refractivity contribution in [2.45, 2.75) is 39.5 Å². The lowest BCUT2D eigenvalue weighted by atomic mass is 10.0. The summed E-state index contributed by atoms with van der Waals surface area (Å²) in [6.45, 7) is 10.7. The lowest BCUT2D eigenvalue weighted by Gasteiger charge is -2.14. The average molecular weight is 279 g/mol. The van der Waals surface area contributed by atoms with Crippen molar-refractivity contribution < 1.29 is 9.47 Å². The molecule has 1 rings (SSSR count).